The van der Waals surface area contributed by atoms with E-state index in [4.69, 9.17) is 0 Å². The first-order valence-corrected chi connectivity index (χ1v) is 4.15. The van der Waals surface area contributed by atoms with Crippen LogP contribution >= 0.6 is 0 Å². The molecule has 0 aromatic rings. The Kier molecular flexibility index (Phi) is 1.26. The molecule has 2 aliphatic rings. The Labute approximate surface area is 70.9 Å². The van der Waals surface area contributed by atoms with Crippen LogP contribution in [0.25, 0.3) is 0 Å². The second kappa shape index (κ2) is 2.00. The van der Waals surface area contributed by atoms with Gasteiger partial charge in [0.1, 0.15) is 5.54 Å². The first-order chi connectivity index (χ1) is 5.55. The van der Waals surface area contributed by atoms with Gasteiger partial charge in [-0.2, -0.15) is 0 Å². The van der Waals surface area contributed by atoms with Gasteiger partial charge in [-0.15, -0.1) is 0 Å². The first kappa shape index (κ1) is 7.58. The first-order valence-electron chi connectivity index (χ1n) is 4.15. The molecule has 2 rings (SSSR count). The molecule has 3 amide bonds. The molecule has 1 spiro atoms. The van der Waals surface area contributed by atoms with Crippen molar-refractivity contribution < 1.29 is 9.59 Å². The number of hydrogen-bond acceptors (Lipinski definition) is 2. The lowest BCUT2D eigenvalue weighted by atomic mass is 9.69. The van der Waals surface area contributed by atoms with Gasteiger partial charge in [0.25, 0.3) is 5.91 Å². The Morgan fingerprint density at radius 2 is 2.08 bits per heavy atom. The van der Waals surface area contributed by atoms with Crippen LogP contribution in [-0.2, 0) is 4.79 Å². The van der Waals surface area contributed by atoms with Crippen molar-refractivity contribution in [2.45, 2.75) is 25.3 Å². The summed E-state index contributed by atoms with van der Waals surface area (Å²) in [5.74, 6) is 0.492. The van der Waals surface area contributed by atoms with Gasteiger partial charge in [0.05, 0.1) is 0 Å². The molecule has 0 bridgehead atoms. The van der Waals surface area contributed by atoms with Gasteiger partial charge in [0, 0.05) is 7.05 Å². The predicted octanol–water partition coefficient (Wildman–Crippen LogP) is 0.337. The Bertz CT molecular complexity index is 256. The van der Waals surface area contributed by atoms with E-state index in [0.29, 0.717) is 5.92 Å². The summed E-state index contributed by atoms with van der Waals surface area (Å²) in [7, 11) is 1.52. The molecule has 2 fully saturated rings. The quantitative estimate of drug-likeness (QED) is 0.530. The maximum Gasteiger partial charge on any atom is 0.324 e. The van der Waals surface area contributed by atoms with Crippen LogP contribution in [0.3, 0.4) is 0 Å². The maximum absolute atomic E-state index is 11.5. The van der Waals surface area contributed by atoms with Crippen LogP contribution in [0.4, 0.5) is 4.79 Å². The number of rotatable bonds is 0. The normalized spacial score (nSPS) is 40.2. The molecule has 1 aliphatic heterocycles. The fraction of sp³-hybridized carbons (Fsp3) is 0.750. The van der Waals surface area contributed by atoms with E-state index in [-0.39, 0.29) is 11.9 Å². The summed E-state index contributed by atoms with van der Waals surface area (Å²) >= 11 is 0. The number of imide groups is 1. The third-order valence-electron chi connectivity index (χ3n) is 2.76. The molecule has 4 heteroatoms. The van der Waals surface area contributed by atoms with E-state index < -0.39 is 5.54 Å². The number of carbonyl (C=O) groups excluding carboxylic acids is 2. The van der Waals surface area contributed by atoms with Gasteiger partial charge in [-0.1, -0.05) is 6.92 Å². The highest BCUT2D eigenvalue weighted by atomic mass is 16.2. The summed E-state index contributed by atoms with van der Waals surface area (Å²) in [5, 5.41) is 2.73. The van der Waals surface area contributed by atoms with E-state index in [2.05, 4.69) is 12.2 Å². The zero-order chi connectivity index (χ0) is 8.93. The van der Waals surface area contributed by atoms with E-state index in [1.54, 1.807) is 0 Å². The number of carbonyl (C=O) groups is 2. The topological polar surface area (TPSA) is 49.4 Å². The van der Waals surface area contributed by atoms with Gasteiger partial charge in [0.2, 0.25) is 0 Å². The van der Waals surface area contributed by atoms with Crippen molar-refractivity contribution in [1.82, 2.24) is 10.2 Å². The minimum atomic E-state index is -0.523. The van der Waals surface area contributed by atoms with Crippen LogP contribution in [0, 0.1) is 5.92 Å². The molecule has 1 saturated heterocycles. The lowest BCUT2D eigenvalue weighted by Crippen LogP contribution is -2.56. The highest BCUT2D eigenvalue weighted by Gasteiger charge is 2.56. The van der Waals surface area contributed by atoms with Crippen molar-refractivity contribution in [3.05, 3.63) is 0 Å². The van der Waals surface area contributed by atoms with Gasteiger partial charge < -0.3 is 5.32 Å². The smallest absolute Gasteiger partial charge is 0.323 e. The maximum atomic E-state index is 11.5. The standard InChI is InChI=1S/C8H12N2O2/c1-5-3-8(4-5)6(11)10(2)7(12)9-8/h5H,3-4H2,1-2H3,(H,9,12). The van der Waals surface area contributed by atoms with E-state index in [9.17, 15) is 9.59 Å². The van der Waals surface area contributed by atoms with Crippen molar-refractivity contribution in [2.24, 2.45) is 5.92 Å². The molecule has 0 atom stereocenters. The second-order valence-electron chi connectivity index (χ2n) is 3.89. The third-order valence-corrected chi connectivity index (χ3v) is 2.76. The SMILES string of the molecule is CC1CC2(C1)NC(=O)N(C)C2=O. The number of nitrogens with zero attached hydrogens (tertiary/aromatic N) is 1. The van der Waals surface area contributed by atoms with Gasteiger partial charge in [-0.25, -0.2) is 4.79 Å². The average molecular weight is 168 g/mol. The summed E-state index contributed by atoms with van der Waals surface area (Å²) in [6.07, 6.45) is 1.59. The number of hydrogen-bond donors (Lipinski definition) is 1. The highest BCUT2D eigenvalue weighted by Crippen LogP contribution is 2.41. The molecule has 0 unspecified atom stereocenters. The summed E-state index contributed by atoms with van der Waals surface area (Å²) < 4.78 is 0. The van der Waals surface area contributed by atoms with Crippen molar-refractivity contribution in [3.8, 4) is 0 Å². The third kappa shape index (κ3) is 0.722. The van der Waals surface area contributed by atoms with Gasteiger partial charge in [-0.05, 0) is 18.8 Å². The van der Waals surface area contributed by atoms with Crippen LogP contribution in [0.1, 0.15) is 19.8 Å². The van der Waals surface area contributed by atoms with E-state index in [1.165, 1.54) is 11.9 Å². The van der Waals surface area contributed by atoms with E-state index in [1.807, 2.05) is 0 Å². The van der Waals surface area contributed by atoms with E-state index >= 15 is 0 Å². The van der Waals surface area contributed by atoms with Gasteiger partial charge >= 0.3 is 6.03 Å². The summed E-state index contributed by atoms with van der Waals surface area (Å²) in [4.78, 5) is 23.8. The fourth-order valence-electron chi connectivity index (χ4n) is 2.16. The summed E-state index contributed by atoms with van der Waals surface area (Å²) in [5.41, 5.74) is -0.523. The molecule has 0 radical (unpaired) electrons. The zero-order valence-electron chi connectivity index (χ0n) is 7.26. The monoisotopic (exact) mass is 168 g/mol. The van der Waals surface area contributed by atoms with Gasteiger partial charge in [-0.3, -0.25) is 9.69 Å². The largest absolute Gasteiger partial charge is 0.324 e. The Hall–Kier alpha value is -1.06. The number of nitrogens with one attached hydrogen (secondary N) is 1. The minimum Gasteiger partial charge on any atom is -0.323 e. The summed E-state index contributed by atoms with van der Waals surface area (Å²) in [6, 6.07) is -0.257. The van der Waals surface area contributed by atoms with Gasteiger partial charge in [0.15, 0.2) is 0 Å². The molecule has 1 aliphatic carbocycles. The zero-order valence-corrected chi connectivity index (χ0v) is 7.26. The minimum absolute atomic E-state index is 0.0643. The lowest BCUT2D eigenvalue weighted by Gasteiger charge is -2.40. The molecule has 0 aromatic heterocycles. The molecular formula is C8H12N2O2. The van der Waals surface area contributed by atoms with Crippen molar-refractivity contribution in [2.75, 3.05) is 7.05 Å². The second-order valence-corrected chi connectivity index (χ2v) is 3.89. The molecule has 12 heavy (non-hydrogen) atoms. The summed E-state index contributed by atoms with van der Waals surface area (Å²) in [6.45, 7) is 2.09. The van der Waals surface area contributed by atoms with Crippen molar-refractivity contribution in [1.29, 1.82) is 0 Å². The fourth-order valence-corrected chi connectivity index (χ4v) is 2.16. The molecular weight excluding hydrogens is 156 g/mol. The Balaban J connectivity index is 2.21. The molecule has 1 N–H and O–H groups in total. The predicted molar refractivity (Wildman–Crippen MR) is 42.4 cm³/mol. The number of amides is 3. The molecule has 4 nitrogen and oxygen atoms in total. The Morgan fingerprint density at radius 3 is 2.42 bits per heavy atom. The average Bonchev–Trinajstić information content (AvgIpc) is 2.15. The lowest BCUT2D eigenvalue weighted by molar-refractivity contribution is -0.134. The van der Waals surface area contributed by atoms with E-state index in [0.717, 1.165) is 12.8 Å². The number of likely N-dealkylation sites (N-methyl/N-ethyl adjacent to an activating group) is 1. The van der Waals surface area contributed by atoms with Crippen LogP contribution < -0.4 is 5.32 Å². The van der Waals surface area contributed by atoms with Crippen LogP contribution in [-0.4, -0.2) is 29.4 Å². The van der Waals surface area contributed by atoms with Crippen LogP contribution in [0.2, 0.25) is 0 Å². The molecule has 66 valence electrons. The Morgan fingerprint density at radius 1 is 1.50 bits per heavy atom. The van der Waals surface area contributed by atoms with Crippen molar-refractivity contribution in [3.63, 3.8) is 0 Å². The highest BCUT2D eigenvalue weighted by molar-refractivity contribution is 6.07. The molecule has 1 saturated carbocycles. The number of urea groups is 1. The van der Waals surface area contributed by atoms with Crippen LogP contribution in [0.5, 0.6) is 0 Å². The molecule has 1 heterocycles. The van der Waals surface area contributed by atoms with Crippen molar-refractivity contribution >= 4 is 11.9 Å². The molecule has 0 aromatic carbocycles. The van der Waals surface area contributed by atoms with Crippen LogP contribution in [0.15, 0.2) is 0 Å².